The largest absolute Gasteiger partial charge is 0.504 e. The number of halogens is 2. The van der Waals surface area contributed by atoms with E-state index in [1.54, 1.807) is 55.1 Å². The number of amides is 1. The Balaban J connectivity index is 1.54. The zero-order chi connectivity index (χ0) is 31.5. The molecule has 5 rings (SSSR count). The van der Waals surface area contributed by atoms with Crippen LogP contribution in [0.4, 0.5) is 13.6 Å². The summed E-state index contributed by atoms with van der Waals surface area (Å²) in [5.74, 6) is -5.13. The number of hydrogen-bond acceptors (Lipinski definition) is 9. The molecule has 1 aliphatic rings. The van der Waals surface area contributed by atoms with Crippen LogP contribution in [0.25, 0.3) is 11.4 Å². The maximum Gasteiger partial charge on any atom is 0.410 e. The van der Waals surface area contributed by atoms with E-state index in [0.29, 0.717) is 11.4 Å². The number of rotatable bonds is 9. The number of hydrogen-bond donors (Lipinski definition) is 3. The molecule has 3 heterocycles. The Labute approximate surface area is 251 Å². The minimum Gasteiger partial charge on any atom is -0.504 e. The third-order valence-corrected chi connectivity index (χ3v) is 7.04. The van der Waals surface area contributed by atoms with Crippen LogP contribution in [0.5, 0.6) is 34.8 Å². The molecule has 0 bridgehead atoms. The van der Waals surface area contributed by atoms with Gasteiger partial charge in [-0.1, -0.05) is 12.1 Å². The van der Waals surface area contributed by atoms with Gasteiger partial charge in [0.1, 0.15) is 23.5 Å². The topological polar surface area (TPSA) is 158 Å². The van der Waals surface area contributed by atoms with Crippen molar-refractivity contribution in [3.8, 4) is 46.1 Å². The van der Waals surface area contributed by atoms with E-state index in [0.717, 1.165) is 0 Å². The lowest BCUT2D eigenvalue weighted by Gasteiger charge is -2.25. The molecular formula is C30H30F2N6O6. The number of pyridine rings is 1. The monoisotopic (exact) mass is 608 g/mol. The molecule has 2 aromatic carbocycles. The van der Waals surface area contributed by atoms with E-state index >= 15 is 8.78 Å². The van der Waals surface area contributed by atoms with Crippen LogP contribution in [0.2, 0.25) is 0 Å². The first-order chi connectivity index (χ1) is 21.1. The number of imidazole rings is 1. The predicted octanol–water partition coefficient (Wildman–Crippen LogP) is 5.33. The number of nitrogens with zero attached hydrogens (tertiary/aromatic N) is 4. The van der Waals surface area contributed by atoms with Gasteiger partial charge in [0, 0.05) is 43.5 Å². The Morgan fingerprint density at radius 1 is 1.16 bits per heavy atom. The van der Waals surface area contributed by atoms with E-state index in [9.17, 15) is 9.90 Å². The highest BCUT2D eigenvalue weighted by Crippen LogP contribution is 2.41. The lowest BCUT2D eigenvalue weighted by Crippen LogP contribution is -2.39. The lowest BCUT2D eigenvalue weighted by atomic mass is 10.2. The van der Waals surface area contributed by atoms with E-state index in [2.05, 4.69) is 9.97 Å². The predicted molar refractivity (Wildman–Crippen MR) is 154 cm³/mol. The molecular weight excluding hydrogens is 578 g/mol. The van der Waals surface area contributed by atoms with Gasteiger partial charge in [0.05, 0.1) is 12.6 Å². The van der Waals surface area contributed by atoms with Crippen molar-refractivity contribution in [1.82, 2.24) is 19.4 Å². The number of amidine groups is 1. The van der Waals surface area contributed by atoms with Crippen LogP contribution in [0, 0.1) is 17.0 Å². The van der Waals surface area contributed by atoms with Gasteiger partial charge in [-0.05, 0) is 44.2 Å². The number of ether oxygens (including phenoxy) is 4. The average Bonchev–Trinajstić information content (AvgIpc) is 3.59. The molecule has 12 nitrogen and oxygen atoms in total. The summed E-state index contributed by atoms with van der Waals surface area (Å²) in [6.07, 6.45) is 2.28. The fraction of sp³-hybridized carbons (Fsp3) is 0.267. The van der Waals surface area contributed by atoms with Crippen molar-refractivity contribution in [1.29, 1.82) is 5.41 Å². The number of nitrogens with two attached hydrogens (primary N) is 1. The van der Waals surface area contributed by atoms with Crippen LogP contribution < -0.4 is 19.9 Å². The Kier molecular flexibility index (Phi) is 8.51. The standard InChI is InChI=1S/C30H30F2N6O6/c1-4-41-30(40)38-12-10-21(16(38)2)43-25-23(31)28(42-19-7-5-6-18(14-19)27-35-11-13-37(27)3)36-29(24(25)32)44-22-15-17(26(33)34)8-9-20(22)39/h5-9,11,13-16,21,39H,4,10,12H2,1-3H3,(H3,33,34). The molecule has 1 fully saturated rings. The van der Waals surface area contributed by atoms with Crippen LogP contribution in [0.15, 0.2) is 54.9 Å². The van der Waals surface area contributed by atoms with Crippen LogP contribution in [0.1, 0.15) is 25.8 Å². The zero-order valence-corrected chi connectivity index (χ0v) is 24.1. The number of likely N-dealkylation sites (tertiary alicyclic amines) is 1. The number of carbonyl (C=O) groups is 1. The number of phenolic OH excluding ortho intramolecular Hbond substituents is 1. The molecule has 1 aliphatic heterocycles. The molecule has 44 heavy (non-hydrogen) atoms. The van der Waals surface area contributed by atoms with Crippen molar-refractivity contribution in [2.75, 3.05) is 13.2 Å². The van der Waals surface area contributed by atoms with Crippen molar-refractivity contribution in [2.24, 2.45) is 12.8 Å². The minimum atomic E-state index is -1.31. The van der Waals surface area contributed by atoms with Crippen LogP contribution in [0.3, 0.4) is 0 Å². The molecule has 2 atom stereocenters. The lowest BCUT2D eigenvalue weighted by molar-refractivity contribution is 0.0879. The van der Waals surface area contributed by atoms with Gasteiger partial charge in [-0.3, -0.25) is 5.41 Å². The van der Waals surface area contributed by atoms with Crippen molar-refractivity contribution in [3.05, 3.63) is 72.1 Å². The summed E-state index contributed by atoms with van der Waals surface area (Å²) in [5.41, 5.74) is 6.39. The molecule has 0 spiro atoms. The van der Waals surface area contributed by atoms with Gasteiger partial charge in [0.2, 0.25) is 17.4 Å². The van der Waals surface area contributed by atoms with Gasteiger partial charge < -0.3 is 39.3 Å². The van der Waals surface area contributed by atoms with Crippen molar-refractivity contribution in [2.45, 2.75) is 32.4 Å². The molecule has 4 aromatic rings. The first kappa shape index (κ1) is 30.1. The Hall–Kier alpha value is -5.40. The van der Waals surface area contributed by atoms with Gasteiger partial charge >= 0.3 is 6.09 Å². The number of nitrogens with one attached hydrogen (secondary N) is 1. The van der Waals surface area contributed by atoms with Crippen LogP contribution in [-0.4, -0.2) is 61.8 Å². The van der Waals surface area contributed by atoms with Crippen molar-refractivity contribution < 1.29 is 37.6 Å². The molecule has 1 saturated heterocycles. The zero-order valence-electron chi connectivity index (χ0n) is 24.1. The van der Waals surface area contributed by atoms with Crippen molar-refractivity contribution in [3.63, 3.8) is 0 Å². The van der Waals surface area contributed by atoms with E-state index in [-0.39, 0.29) is 42.5 Å². The number of carbonyl (C=O) groups excluding carboxylic acids is 1. The second-order valence-electron chi connectivity index (χ2n) is 9.95. The maximum atomic E-state index is 16.0. The molecule has 0 aliphatic carbocycles. The van der Waals surface area contributed by atoms with Gasteiger partial charge in [-0.15, -0.1) is 0 Å². The molecule has 0 radical (unpaired) electrons. The summed E-state index contributed by atoms with van der Waals surface area (Å²) >= 11 is 0. The van der Waals surface area contributed by atoms with E-state index in [4.69, 9.17) is 30.1 Å². The Morgan fingerprint density at radius 3 is 2.59 bits per heavy atom. The fourth-order valence-corrected chi connectivity index (χ4v) is 4.73. The Morgan fingerprint density at radius 2 is 1.91 bits per heavy atom. The second-order valence-corrected chi connectivity index (χ2v) is 9.95. The number of benzene rings is 2. The third kappa shape index (κ3) is 6.04. The van der Waals surface area contributed by atoms with E-state index in [1.165, 1.54) is 23.1 Å². The number of aromatic nitrogens is 3. The highest BCUT2D eigenvalue weighted by Gasteiger charge is 2.38. The van der Waals surface area contributed by atoms with Crippen LogP contribution >= 0.6 is 0 Å². The highest BCUT2D eigenvalue weighted by molar-refractivity contribution is 5.95. The summed E-state index contributed by atoms with van der Waals surface area (Å²) in [6, 6.07) is 9.81. The minimum absolute atomic E-state index is 0.157. The highest BCUT2D eigenvalue weighted by atomic mass is 19.1. The normalized spacial score (nSPS) is 16.1. The van der Waals surface area contributed by atoms with E-state index < -0.39 is 53.1 Å². The summed E-state index contributed by atoms with van der Waals surface area (Å²) in [7, 11) is 1.81. The van der Waals surface area contributed by atoms with Gasteiger partial charge in [0.25, 0.3) is 11.8 Å². The number of phenols is 1. The first-order valence-corrected chi connectivity index (χ1v) is 13.7. The molecule has 0 saturated carbocycles. The fourth-order valence-electron chi connectivity index (χ4n) is 4.73. The molecule has 2 aromatic heterocycles. The van der Waals surface area contributed by atoms with E-state index in [1.807, 2.05) is 7.05 Å². The number of aromatic hydroxyl groups is 1. The van der Waals surface area contributed by atoms with Crippen molar-refractivity contribution >= 4 is 11.9 Å². The third-order valence-electron chi connectivity index (χ3n) is 7.04. The quantitative estimate of drug-likeness (QED) is 0.169. The SMILES string of the molecule is CCOC(=O)N1CCC(Oc2c(F)c(Oc3cccc(-c4nccn4C)c3)nc(Oc3cc(C(=N)N)ccc3O)c2F)C1C. The first-order valence-electron chi connectivity index (χ1n) is 13.7. The van der Waals surface area contributed by atoms with Gasteiger partial charge in [-0.25, -0.2) is 9.78 Å². The molecule has 14 heteroatoms. The second kappa shape index (κ2) is 12.5. The summed E-state index contributed by atoms with van der Waals surface area (Å²) in [6.45, 7) is 3.77. The maximum absolute atomic E-state index is 16.0. The van der Waals surface area contributed by atoms with Gasteiger partial charge in [0.15, 0.2) is 11.5 Å². The molecule has 4 N–H and O–H groups in total. The average molecular weight is 609 g/mol. The number of nitrogen functional groups attached to an aromatic ring is 1. The molecule has 2 unspecified atom stereocenters. The molecule has 1 amide bonds. The smallest absolute Gasteiger partial charge is 0.410 e. The molecule has 230 valence electrons. The summed E-state index contributed by atoms with van der Waals surface area (Å²) in [5, 5.41) is 18.0. The Bertz CT molecular complexity index is 1710. The summed E-state index contributed by atoms with van der Waals surface area (Å²) in [4.78, 5) is 22.0. The van der Waals surface area contributed by atoms with Crippen LogP contribution in [-0.2, 0) is 11.8 Å². The van der Waals surface area contributed by atoms with Gasteiger partial charge in [-0.2, -0.15) is 13.8 Å². The summed E-state index contributed by atoms with van der Waals surface area (Å²) < 4.78 is 55.9. The number of aryl methyl sites for hydroxylation is 1.